The Morgan fingerprint density at radius 2 is 1.70 bits per heavy atom. The van der Waals surface area contributed by atoms with E-state index in [0.717, 1.165) is 0 Å². The highest BCUT2D eigenvalue weighted by atomic mass is 16.5. The van der Waals surface area contributed by atoms with Crippen molar-refractivity contribution in [3.63, 3.8) is 0 Å². The second-order valence-corrected chi connectivity index (χ2v) is 7.05. The third kappa shape index (κ3) is 5.17. The van der Waals surface area contributed by atoms with Crippen LogP contribution in [0.25, 0.3) is 11.0 Å². The van der Waals surface area contributed by atoms with Gasteiger partial charge in [0, 0.05) is 6.07 Å². The number of benzene rings is 2. The van der Waals surface area contributed by atoms with E-state index < -0.39 is 5.97 Å². The van der Waals surface area contributed by atoms with Gasteiger partial charge in [0.15, 0.2) is 11.5 Å². The maximum absolute atomic E-state index is 12.8. The number of esters is 1. The third-order valence-corrected chi connectivity index (χ3v) is 4.13. The summed E-state index contributed by atoms with van der Waals surface area (Å²) in [4.78, 5) is 21.9. The predicted octanol–water partition coefficient (Wildman–Crippen LogP) is 4.98. The molecule has 3 aromatic rings. The fourth-order valence-electron chi connectivity index (χ4n) is 2.81. The van der Waals surface area contributed by atoms with E-state index in [9.17, 15) is 4.79 Å². The molecule has 1 N–H and O–H groups in total. The van der Waals surface area contributed by atoms with Crippen LogP contribution in [0.2, 0.25) is 0 Å². The number of carbonyl (C=O) groups excluding carboxylic acids is 1. The van der Waals surface area contributed by atoms with Gasteiger partial charge in [-0.1, -0.05) is 26.0 Å². The normalized spacial score (nSPS) is 10.8. The fraction of sp³-hybridized carbons (Fsp3) is 0.348. The van der Waals surface area contributed by atoms with Gasteiger partial charge in [-0.3, -0.25) is 0 Å². The Hall–Kier alpha value is -3.35. The molecule has 0 spiro atoms. The van der Waals surface area contributed by atoms with Crippen molar-refractivity contribution in [2.75, 3.05) is 25.1 Å². The van der Waals surface area contributed by atoms with Crippen molar-refractivity contribution in [3.05, 3.63) is 48.2 Å². The third-order valence-electron chi connectivity index (χ3n) is 4.13. The van der Waals surface area contributed by atoms with Crippen LogP contribution < -0.4 is 14.8 Å². The van der Waals surface area contributed by atoms with Crippen LogP contribution in [0.5, 0.6) is 11.5 Å². The molecule has 7 nitrogen and oxygen atoms in total. The average molecular weight is 409 g/mol. The number of fused-ring (bicyclic) bond motifs is 1. The number of nitrogens with zero attached hydrogens (tertiary/aromatic N) is 2. The van der Waals surface area contributed by atoms with Gasteiger partial charge in [-0.05, 0) is 44.0 Å². The molecular formula is C23H27N3O4. The molecule has 0 radical (unpaired) electrons. The molecule has 7 heteroatoms. The number of carbonyl (C=O) groups is 1. The topological polar surface area (TPSA) is 82.6 Å². The number of hydrogen-bond acceptors (Lipinski definition) is 7. The summed E-state index contributed by atoms with van der Waals surface area (Å²) in [5, 5.41) is 3.21. The maximum atomic E-state index is 12.8. The number of nitrogens with one attached hydrogen (secondary N) is 1. The summed E-state index contributed by atoms with van der Waals surface area (Å²) in [5.41, 5.74) is 2.04. The molecule has 1 aromatic heterocycles. The van der Waals surface area contributed by atoms with Gasteiger partial charge in [0.2, 0.25) is 0 Å². The Morgan fingerprint density at radius 1 is 1.00 bits per heavy atom. The van der Waals surface area contributed by atoms with Gasteiger partial charge in [-0.25, -0.2) is 14.8 Å². The van der Waals surface area contributed by atoms with Crippen LogP contribution in [-0.2, 0) is 4.74 Å². The summed E-state index contributed by atoms with van der Waals surface area (Å²) in [6, 6.07) is 12.9. The molecule has 0 aliphatic heterocycles. The molecule has 30 heavy (non-hydrogen) atoms. The van der Waals surface area contributed by atoms with Crippen LogP contribution in [-0.4, -0.2) is 35.8 Å². The van der Waals surface area contributed by atoms with Crippen molar-refractivity contribution in [1.29, 1.82) is 0 Å². The second-order valence-electron chi connectivity index (χ2n) is 7.05. The molecule has 1 heterocycles. The second kappa shape index (κ2) is 9.91. The molecule has 0 aliphatic carbocycles. The Bertz CT molecular complexity index is 1020. The average Bonchev–Trinajstić information content (AvgIpc) is 2.73. The molecular weight excluding hydrogens is 382 g/mol. The maximum Gasteiger partial charge on any atom is 0.360 e. The lowest BCUT2D eigenvalue weighted by Crippen LogP contribution is -2.15. The van der Waals surface area contributed by atoms with Crippen molar-refractivity contribution >= 4 is 28.5 Å². The van der Waals surface area contributed by atoms with Gasteiger partial charge in [0.05, 0.1) is 36.5 Å². The Morgan fingerprint density at radius 3 is 2.37 bits per heavy atom. The molecule has 0 saturated heterocycles. The van der Waals surface area contributed by atoms with E-state index in [4.69, 9.17) is 14.2 Å². The molecule has 3 rings (SSSR count). The summed E-state index contributed by atoms with van der Waals surface area (Å²) >= 11 is 0. The van der Waals surface area contributed by atoms with Crippen LogP contribution in [0, 0.1) is 5.92 Å². The zero-order valence-electron chi connectivity index (χ0n) is 17.8. The smallest absolute Gasteiger partial charge is 0.360 e. The minimum Gasteiger partial charge on any atom is -0.494 e. The summed E-state index contributed by atoms with van der Waals surface area (Å²) in [5.74, 6) is 1.30. The Balaban J connectivity index is 2.04. The van der Waals surface area contributed by atoms with E-state index in [1.165, 1.54) is 0 Å². The fourth-order valence-corrected chi connectivity index (χ4v) is 2.81. The first-order valence-electron chi connectivity index (χ1n) is 10.1. The monoisotopic (exact) mass is 409 g/mol. The lowest BCUT2D eigenvalue weighted by Gasteiger charge is -2.16. The molecule has 0 amide bonds. The summed E-state index contributed by atoms with van der Waals surface area (Å²) in [7, 11) is 0. The van der Waals surface area contributed by atoms with Gasteiger partial charge in [-0.2, -0.15) is 0 Å². The first kappa shape index (κ1) is 21.4. The van der Waals surface area contributed by atoms with Crippen molar-refractivity contribution < 1.29 is 19.0 Å². The van der Waals surface area contributed by atoms with E-state index in [1.54, 1.807) is 0 Å². The van der Waals surface area contributed by atoms with Gasteiger partial charge in [0.25, 0.3) is 0 Å². The number of ether oxygens (including phenoxy) is 3. The van der Waals surface area contributed by atoms with Crippen LogP contribution >= 0.6 is 0 Å². The highest BCUT2D eigenvalue weighted by molar-refractivity contribution is 5.96. The van der Waals surface area contributed by atoms with Crippen LogP contribution in [0.15, 0.2) is 42.5 Å². The SMILES string of the molecule is CCOc1ccc(OCC)c(Nc2nc3ccccc3nc2C(=O)OCC(C)C)c1. The van der Waals surface area contributed by atoms with Gasteiger partial charge in [-0.15, -0.1) is 0 Å². The number of hydrogen-bond donors (Lipinski definition) is 1. The van der Waals surface area contributed by atoms with E-state index in [0.29, 0.717) is 53.9 Å². The van der Waals surface area contributed by atoms with Crippen molar-refractivity contribution in [3.8, 4) is 11.5 Å². The minimum atomic E-state index is -0.525. The molecule has 0 atom stereocenters. The molecule has 0 aliphatic rings. The van der Waals surface area contributed by atoms with Crippen molar-refractivity contribution in [1.82, 2.24) is 9.97 Å². The summed E-state index contributed by atoms with van der Waals surface area (Å²) < 4.78 is 16.8. The largest absolute Gasteiger partial charge is 0.494 e. The number of rotatable bonds is 9. The first-order chi connectivity index (χ1) is 14.5. The lowest BCUT2D eigenvalue weighted by molar-refractivity contribution is 0.0453. The van der Waals surface area contributed by atoms with Crippen LogP contribution in [0.1, 0.15) is 38.2 Å². The number of anilines is 2. The van der Waals surface area contributed by atoms with E-state index in [-0.39, 0.29) is 11.6 Å². The quantitative estimate of drug-likeness (QED) is 0.499. The van der Waals surface area contributed by atoms with Gasteiger partial charge < -0.3 is 19.5 Å². The van der Waals surface area contributed by atoms with E-state index in [1.807, 2.05) is 70.2 Å². The molecule has 2 aromatic carbocycles. The van der Waals surface area contributed by atoms with Gasteiger partial charge >= 0.3 is 5.97 Å². The Labute approximate surface area is 176 Å². The van der Waals surface area contributed by atoms with Crippen molar-refractivity contribution in [2.24, 2.45) is 5.92 Å². The molecule has 158 valence electrons. The summed E-state index contributed by atoms with van der Waals surface area (Å²) in [6.45, 7) is 9.12. The van der Waals surface area contributed by atoms with E-state index in [2.05, 4.69) is 15.3 Å². The lowest BCUT2D eigenvalue weighted by atomic mass is 10.2. The Kier molecular flexibility index (Phi) is 7.06. The number of aromatic nitrogens is 2. The number of para-hydroxylation sites is 2. The minimum absolute atomic E-state index is 0.124. The zero-order chi connectivity index (χ0) is 21.5. The van der Waals surface area contributed by atoms with Gasteiger partial charge in [0.1, 0.15) is 11.5 Å². The standard InChI is InChI=1S/C23H27N3O4/c1-5-28-16-11-12-20(29-6-2)19(13-16)26-22-21(23(27)30-14-15(3)4)24-17-9-7-8-10-18(17)25-22/h7-13,15H,5-6,14H2,1-4H3,(H,25,26). The highest BCUT2D eigenvalue weighted by Crippen LogP contribution is 2.33. The van der Waals surface area contributed by atoms with Crippen LogP contribution in [0.4, 0.5) is 11.5 Å². The summed E-state index contributed by atoms with van der Waals surface area (Å²) in [6.07, 6.45) is 0. The molecule has 0 bridgehead atoms. The predicted molar refractivity (Wildman–Crippen MR) is 117 cm³/mol. The molecule has 0 saturated carbocycles. The molecule has 0 unspecified atom stereocenters. The first-order valence-corrected chi connectivity index (χ1v) is 10.1. The zero-order valence-corrected chi connectivity index (χ0v) is 17.8. The van der Waals surface area contributed by atoms with Crippen molar-refractivity contribution in [2.45, 2.75) is 27.7 Å². The van der Waals surface area contributed by atoms with Crippen LogP contribution in [0.3, 0.4) is 0 Å². The molecule has 0 fully saturated rings. The van der Waals surface area contributed by atoms with E-state index >= 15 is 0 Å². The highest BCUT2D eigenvalue weighted by Gasteiger charge is 2.20.